The Balaban J connectivity index is 1.45. The highest BCUT2D eigenvalue weighted by molar-refractivity contribution is 5.99. The molecule has 1 N–H and O–H groups in total. The highest BCUT2D eigenvalue weighted by Crippen LogP contribution is 2.23. The fraction of sp³-hybridized carbons (Fsp3) is 0.269. The minimum Gasteiger partial charge on any atom is -0.494 e. The Labute approximate surface area is 194 Å². The first-order valence-corrected chi connectivity index (χ1v) is 11.2. The molecule has 7 nitrogen and oxygen atoms in total. The molecular formula is C26H27N5O2. The number of amides is 1. The molecular weight excluding hydrogens is 414 g/mol. The number of carbonyl (C=O) groups is 1. The van der Waals surface area contributed by atoms with Gasteiger partial charge < -0.3 is 19.9 Å². The molecule has 4 rings (SSSR count). The monoisotopic (exact) mass is 441 g/mol. The molecule has 0 atom stereocenters. The normalized spacial score (nSPS) is 13.7. The lowest BCUT2D eigenvalue weighted by Gasteiger charge is -2.24. The first-order chi connectivity index (χ1) is 16.2. The standard InChI is InChI=1S/C26H27N5O2/c1-2-33-23-12-8-21(9-13-23)29-25-24(5-3-14-28-25)26(32)31-16-4-15-30(17-18-31)22-10-6-20(19-27)7-11-22/h3,5-14H,2,4,15-18H2,1H3,(H,28,29). The van der Waals surface area contributed by atoms with Crippen molar-refractivity contribution in [2.75, 3.05) is 43.0 Å². The Hall–Kier alpha value is -4.05. The molecule has 1 fully saturated rings. The maximum absolute atomic E-state index is 13.4. The van der Waals surface area contributed by atoms with Crippen LogP contribution in [0.15, 0.2) is 66.9 Å². The van der Waals surface area contributed by atoms with E-state index in [1.807, 2.05) is 66.4 Å². The van der Waals surface area contributed by atoms with E-state index in [1.165, 1.54) is 0 Å². The number of anilines is 3. The minimum absolute atomic E-state index is 0.0294. The SMILES string of the molecule is CCOc1ccc(Nc2ncccc2C(=O)N2CCCN(c3ccc(C#N)cc3)CC2)cc1. The smallest absolute Gasteiger partial charge is 0.257 e. The Morgan fingerprint density at radius 2 is 1.85 bits per heavy atom. The molecule has 0 unspecified atom stereocenters. The number of rotatable bonds is 6. The first-order valence-electron chi connectivity index (χ1n) is 11.2. The second kappa shape index (κ2) is 10.5. The van der Waals surface area contributed by atoms with Crippen LogP contribution in [0.2, 0.25) is 0 Å². The number of hydrogen-bond donors (Lipinski definition) is 1. The van der Waals surface area contributed by atoms with Gasteiger partial charge in [-0.1, -0.05) is 0 Å². The number of benzene rings is 2. The van der Waals surface area contributed by atoms with Crippen LogP contribution in [-0.4, -0.2) is 48.6 Å². The fourth-order valence-corrected chi connectivity index (χ4v) is 3.91. The summed E-state index contributed by atoms with van der Waals surface area (Å²) in [6, 6.07) is 21.0. The molecule has 0 aliphatic carbocycles. The van der Waals surface area contributed by atoms with Crippen LogP contribution in [0.1, 0.15) is 29.3 Å². The van der Waals surface area contributed by atoms with Gasteiger partial charge in [-0.15, -0.1) is 0 Å². The van der Waals surface area contributed by atoms with Gasteiger partial charge in [0.25, 0.3) is 5.91 Å². The topological polar surface area (TPSA) is 81.5 Å². The third kappa shape index (κ3) is 5.42. The van der Waals surface area contributed by atoms with E-state index in [4.69, 9.17) is 10.00 Å². The number of nitrogens with one attached hydrogen (secondary N) is 1. The average Bonchev–Trinajstić information content (AvgIpc) is 3.12. The summed E-state index contributed by atoms with van der Waals surface area (Å²) in [5.74, 6) is 1.31. The molecule has 33 heavy (non-hydrogen) atoms. The molecule has 168 valence electrons. The lowest BCUT2D eigenvalue weighted by Crippen LogP contribution is -2.35. The van der Waals surface area contributed by atoms with E-state index in [2.05, 4.69) is 21.3 Å². The molecule has 2 aromatic carbocycles. The van der Waals surface area contributed by atoms with Gasteiger partial charge in [0.1, 0.15) is 11.6 Å². The summed E-state index contributed by atoms with van der Waals surface area (Å²) in [6.45, 7) is 5.47. The number of aromatic nitrogens is 1. The maximum Gasteiger partial charge on any atom is 0.257 e. The van der Waals surface area contributed by atoms with Crippen LogP contribution in [0, 0.1) is 11.3 Å². The van der Waals surface area contributed by atoms with E-state index >= 15 is 0 Å². The van der Waals surface area contributed by atoms with Gasteiger partial charge in [0, 0.05) is 43.8 Å². The number of nitrogens with zero attached hydrogens (tertiary/aromatic N) is 4. The number of pyridine rings is 1. The van der Waals surface area contributed by atoms with Gasteiger partial charge in [0.05, 0.1) is 23.8 Å². The van der Waals surface area contributed by atoms with Crippen LogP contribution in [0.5, 0.6) is 5.75 Å². The number of nitriles is 1. The largest absolute Gasteiger partial charge is 0.494 e. The van der Waals surface area contributed by atoms with E-state index in [-0.39, 0.29) is 5.91 Å². The van der Waals surface area contributed by atoms with Crippen LogP contribution < -0.4 is 15.0 Å². The molecule has 1 aliphatic rings. The average molecular weight is 442 g/mol. The van der Waals surface area contributed by atoms with Crippen molar-refractivity contribution >= 4 is 23.1 Å². The summed E-state index contributed by atoms with van der Waals surface area (Å²) in [5.41, 5.74) is 3.12. The van der Waals surface area contributed by atoms with Gasteiger partial charge in [-0.05, 0) is 74.0 Å². The van der Waals surface area contributed by atoms with Crippen molar-refractivity contribution in [3.05, 3.63) is 78.0 Å². The van der Waals surface area contributed by atoms with Crippen LogP contribution >= 0.6 is 0 Å². The third-order valence-electron chi connectivity index (χ3n) is 5.61. The van der Waals surface area contributed by atoms with E-state index in [0.29, 0.717) is 36.6 Å². The highest BCUT2D eigenvalue weighted by Gasteiger charge is 2.23. The molecule has 1 saturated heterocycles. The summed E-state index contributed by atoms with van der Waals surface area (Å²) < 4.78 is 5.49. The van der Waals surface area contributed by atoms with Crippen molar-refractivity contribution in [2.45, 2.75) is 13.3 Å². The van der Waals surface area contributed by atoms with Crippen LogP contribution in [0.3, 0.4) is 0 Å². The van der Waals surface area contributed by atoms with Gasteiger partial charge in [0.2, 0.25) is 0 Å². The summed E-state index contributed by atoms with van der Waals surface area (Å²) in [7, 11) is 0. The molecule has 1 aliphatic heterocycles. The van der Waals surface area contributed by atoms with Gasteiger partial charge >= 0.3 is 0 Å². The predicted octanol–water partition coefficient (Wildman–Crippen LogP) is 4.45. The van der Waals surface area contributed by atoms with Gasteiger partial charge in [0.15, 0.2) is 0 Å². The Morgan fingerprint density at radius 3 is 2.58 bits per heavy atom. The van der Waals surface area contributed by atoms with Gasteiger partial charge in [-0.2, -0.15) is 5.26 Å². The predicted molar refractivity (Wildman–Crippen MR) is 129 cm³/mol. The van der Waals surface area contributed by atoms with Crippen molar-refractivity contribution in [2.24, 2.45) is 0 Å². The van der Waals surface area contributed by atoms with Crippen molar-refractivity contribution in [3.63, 3.8) is 0 Å². The van der Waals surface area contributed by atoms with Crippen LogP contribution in [0.4, 0.5) is 17.2 Å². The zero-order valence-corrected chi connectivity index (χ0v) is 18.7. The number of ether oxygens (including phenoxy) is 1. The van der Waals surface area contributed by atoms with Crippen molar-refractivity contribution < 1.29 is 9.53 Å². The Bertz CT molecular complexity index is 1120. The van der Waals surface area contributed by atoms with E-state index < -0.39 is 0 Å². The molecule has 0 bridgehead atoms. The van der Waals surface area contributed by atoms with Gasteiger partial charge in [-0.3, -0.25) is 4.79 Å². The van der Waals surface area contributed by atoms with Crippen molar-refractivity contribution in [1.29, 1.82) is 5.26 Å². The van der Waals surface area contributed by atoms with E-state index in [0.717, 1.165) is 36.6 Å². The summed E-state index contributed by atoms with van der Waals surface area (Å²) >= 11 is 0. The maximum atomic E-state index is 13.4. The Morgan fingerprint density at radius 1 is 1.06 bits per heavy atom. The zero-order chi connectivity index (χ0) is 23.0. The van der Waals surface area contributed by atoms with Crippen molar-refractivity contribution in [3.8, 4) is 11.8 Å². The molecule has 0 spiro atoms. The zero-order valence-electron chi connectivity index (χ0n) is 18.7. The minimum atomic E-state index is -0.0294. The summed E-state index contributed by atoms with van der Waals surface area (Å²) in [5, 5.41) is 12.3. The third-order valence-corrected chi connectivity index (χ3v) is 5.61. The molecule has 0 radical (unpaired) electrons. The number of hydrogen-bond acceptors (Lipinski definition) is 6. The fourth-order valence-electron chi connectivity index (χ4n) is 3.91. The molecule has 7 heteroatoms. The van der Waals surface area contributed by atoms with E-state index in [9.17, 15) is 4.79 Å². The van der Waals surface area contributed by atoms with Gasteiger partial charge in [-0.25, -0.2) is 4.98 Å². The molecule has 0 saturated carbocycles. The summed E-state index contributed by atoms with van der Waals surface area (Å²) in [6.07, 6.45) is 2.55. The Kier molecular flexibility index (Phi) is 7.06. The second-order valence-corrected chi connectivity index (χ2v) is 7.77. The lowest BCUT2D eigenvalue weighted by atomic mass is 10.2. The molecule has 2 heterocycles. The van der Waals surface area contributed by atoms with Crippen LogP contribution in [-0.2, 0) is 0 Å². The first kappa shape index (κ1) is 22.2. The van der Waals surface area contributed by atoms with Crippen molar-refractivity contribution in [1.82, 2.24) is 9.88 Å². The second-order valence-electron chi connectivity index (χ2n) is 7.77. The summed E-state index contributed by atoms with van der Waals surface area (Å²) in [4.78, 5) is 22.0. The quantitative estimate of drug-likeness (QED) is 0.609. The lowest BCUT2D eigenvalue weighted by molar-refractivity contribution is 0.0767. The number of carbonyl (C=O) groups excluding carboxylic acids is 1. The molecule has 1 amide bonds. The molecule has 1 aromatic heterocycles. The highest BCUT2D eigenvalue weighted by atomic mass is 16.5. The molecule has 3 aromatic rings. The van der Waals surface area contributed by atoms with Crippen LogP contribution in [0.25, 0.3) is 0 Å². The van der Waals surface area contributed by atoms with E-state index in [1.54, 1.807) is 12.3 Å².